The topological polar surface area (TPSA) is 40.7 Å². The van der Waals surface area contributed by atoms with Gasteiger partial charge in [-0.05, 0) is 30.0 Å². The first kappa shape index (κ1) is 9.60. The predicted octanol–water partition coefficient (Wildman–Crippen LogP) is 2.15. The van der Waals surface area contributed by atoms with Gasteiger partial charge in [0.1, 0.15) is 0 Å². The molecule has 2 N–H and O–H groups in total. The summed E-state index contributed by atoms with van der Waals surface area (Å²) < 4.78 is 0. The maximum Gasteiger partial charge on any atom is 0.0565 e. The number of aromatic nitrogens is 2. The SMILES string of the molecule is c1cc(C2CCNC2)ccc1-c1cn[nH]c1. The lowest BCUT2D eigenvalue weighted by Gasteiger charge is -2.08. The number of hydrogen-bond donors (Lipinski definition) is 2. The molecule has 2 heterocycles. The van der Waals surface area contributed by atoms with Gasteiger partial charge in [0.05, 0.1) is 6.20 Å². The molecule has 1 aliphatic rings. The summed E-state index contributed by atoms with van der Waals surface area (Å²) in [5.41, 5.74) is 3.82. The summed E-state index contributed by atoms with van der Waals surface area (Å²) in [6.07, 6.45) is 5.03. The van der Waals surface area contributed by atoms with Crippen LogP contribution in [0.25, 0.3) is 11.1 Å². The molecule has 0 saturated carbocycles. The van der Waals surface area contributed by atoms with E-state index in [4.69, 9.17) is 0 Å². The van der Waals surface area contributed by atoms with Gasteiger partial charge < -0.3 is 5.32 Å². The normalized spacial score (nSPS) is 20.1. The zero-order valence-corrected chi connectivity index (χ0v) is 9.11. The molecular formula is C13H15N3. The van der Waals surface area contributed by atoms with Crippen molar-refractivity contribution in [2.75, 3.05) is 13.1 Å². The first-order valence-corrected chi connectivity index (χ1v) is 5.73. The fourth-order valence-electron chi connectivity index (χ4n) is 2.30. The van der Waals surface area contributed by atoms with Gasteiger partial charge in [0, 0.05) is 18.3 Å². The average molecular weight is 213 g/mol. The largest absolute Gasteiger partial charge is 0.316 e. The molecule has 1 unspecified atom stereocenters. The zero-order chi connectivity index (χ0) is 10.8. The van der Waals surface area contributed by atoms with E-state index in [0.717, 1.165) is 18.7 Å². The van der Waals surface area contributed by atoms with E-state index >= 15 is 0 Å². The van der Waals surface area contributed by atoms with E-state index in [1.54, 1.807) is 0 Å². The summed E-state index contributed by atoms with van der Waals surface area (Å²) >= 11 is 0. The van der Waals surface area contributed by atoms with Crippen molar-refractivity contribution in [1.29, 1.82) is 0 Å². The molecule has 1 aliphatic heterocycles. The highest BCUT2D eigenvalue weighted by molar-refractivity contribution is 5.61. The third-order valence-electron chi connectivity index (χ3n) is 3.27. The van der Waals surface area contributed by atoms with Crippen molar-refractivity contribution in [3.8, 4) is 11.1 Å². The number of nitrogens with one attached hydrogen (secondary N) is 2. The molecule has 1 aromatic heterocycles. The van der Waals surface area contributed by atoms with E-state index in [0.29, 0.717) is 5.92 Å². The van der Waals surface area contributed by atoms with E-state index in [9.17, 15) is 0 Å². The Kier molecular flexibility index (Phi) is 2.46. The molecule has 0 aliphatic carbocycles. The van der Waals surface area contributed by atoms with E-state index < -0.39 is 0 Å². The highest BCUT2D eigenvalue weighted by atomic mass is 15.1. The van der Waals surface area contributed by atoms with Gasteiger partial charge in [-0.2, -0.15) is 5.10 Å². The number of hydrogen-bond acceptors (Lipinski definition) is 2. The average Bonchev–Trinajstić information content (AvgIpc) is 3.03. The fourth-order valence-corrected chi connectivity index (χ4v) is 2.30. The second-order valence-corrected chi connectivity index (χ2v) is 4.30. The van der Waals surface area contributed by atoms with Crippen LogP contribution in [0.1, 0.15) is 17.9 Å². The highest BCUT2D eigenvalue weighted by Gasteiger charge is 2.16. The molecule has 1 atom stereocenters. The Morgan fingerprint density at radius 2 is 2.00 bits per heavy atom. The molecule has 1 aromatic carbocycles. The van der Waals surface area contributed by atoms with Crippen LogP contribution in [-0.4, -0.2) is 23.3 Å². The third-order valence-corrected chi connectivity index (χ3v) is 3.27. The molecule has 16 heavy (non-hydrogen) atoms. The van der Waals surface area contributed by atoms with Gasteiger partial charge in [0.2, 0.25) is 0 Å². The van der Waals surface area contributed by atoms with Crippen LogP contribution in [0.5, 0.6) is 0 Å². The molecule has 1 saturated heterocycles. The second-order valence-electron chi connectivity index (χ2n) is 4.30. The summed E-state index contributed by atoms with van der Waals surface area (Å²) in [7, 11) is 0. The molecule has 3 rings (SSSR count). The number of H-pyrrole nitrogens is 1. The van der Waals surface area contributed by atoms with Crippen molar-refractivity contribution in [3.05, 3.63) is 42.2 Å². The number of aromatic amines is 1. The zero-order valence-electron chi connectivity index (χ0n) is 9.11. The number of benzene rings is 1. The smallest absolute Gasteiger partial charge is 0.0565 e. The van der Waals surface area contributed by atoms with Crippen molar-refractivity contribution in [1.82, 2.24) is 15.5 Å². The molecule has 0 bridgehead atoms. The Bertz CT molecular complexity index is 439. The molecular weight excluding hydrogens is 198 g/mol. The van der Waals surface area contributed by atoms with Crippen molar-refractivity contribution in [3.63, 3.8) is 0 Å². The molecule has 82 valence electrons. The molecule has 3 heteroatoms. The molecule has 0 amide bonds. The molecule has 0 spiro atoms. The van der Waals surface area contributed by atoms with Gasteiger partial charge in [0.15, 0.2) is 0 Å². The predicted molar refractivity (Wildman–Crippen MR) is 64.3 cm³/mol. The maximum atomic E-state index is 3.96. The maximum absolute atomic E-state index is 3.96. The number of nitrogens with zero attached hydrogens (tertiary/aromatic N) is 1. The molecule has 0 radical (unpaired) electrons. The Labute approximate surface area is 94.9 Å². The first-order valence-electron chi connectivity index (χ1n) is 5.73. The van der Waals surface area contributed by atoms with Crippen LogP contribution in [0.15, 0.2) is 36.7 Å². The lowest BCUT2D eigenvalue weighted by atomic mass is 9.96. The van der Waals surface area contributed by atoms with Gasteiger partial charge in [-0.15, -0.1) is 0 Å². The molecule has 3 nitrogen and oxygen atoms in total. The van der Waals surface area contributed by atoms with Crippen LogP contribution in [0.3, 0.4) is 0 Å². The van der Waals surface area contributed by atoms with Crippen LogP contribution in [0.4, 0.5) is 0 Å². The van der Waals surface area contributed by atoms with Crippen LogP contribution in [-0.2, 0) is 0 Å². The van der Waals surface area contributed by atoms with Gasteiger partial charge in [0.25, 0.3) is 0 Å². The lowest BCUT2D eigenvalue weighted by Crippen LogP contribution is -2.07. The van der Waals surface area contributed by atoms with Gasteiger partial charge in [-0.3, -0.25) is 5.10 Å². The minimum absolute atomic E-state index is 0.693. The first-order chi connectivity index (χ1) is 7.93. The van der Waals surface area contributed by atoms with Crippen molar-refractivity contribution >= 4 is 0 Å². The number of rotatable bonds is 2. The van der Waals surface area contributed by atoms with Gasteiger partial charge in [-0.25, -0.2) is 0 Å². The van der Waals surface area contributed by atoms with Crippen molar-refractivity contribution in [2.45, 2.75) is 12.3 Å². The van der Waals surface area contributed by atoms with Crippen LogP contribution in [0, 0.1) is 0 Å². The molecule has 2 aromatic rings. The standard InChI is InChI=1S/C13H15N3/c1-3-11(13-8-15-16-9-13)4-2-10(1)12-5-6-14-7-12/h1-4,8-9,12,14H,5-7H2,(H,15,16). The summed E-state index contributed by atoms with van der Waals surface area (Å²) in [5, 5.41) is 10.2. The summed E-state index contributed by atoms with van der Waals surface area (Å²) in [5.74, 6) is 0.693. The van der Waals surface area contributed by atoms with Crippen molar-refractivity contribution < 1.29 is 0 Å². The van der Waals surface area contributed by atoms with Crippen molar-refractivity contribution in [2.24, 2.45) is 0 Å². The Balaban J connectivity index is 1.84. The van der Waals surface area contributed by atoms with Gasteiger partial charge in [-0.1, -0.05) is 24.3 Å². The summed E-state index contributed by atoms with van der Waals surface area (Å²) in [4.78, 5) is 0. The molecule has 1 fully saturated rings. The van der Waals surface area contributed by atoms with E-state index in [1.807, 2.05) is 12.4 Å². The van der Waals surface area contributed by atoms with Gasteiger partial charge >= 0.3 is 0 Å². The van der Waals surface area contributed by atoms with Crippen LogP contribution >= 0.6 is 0 Å². The third kappa shape index (κ3) is 1.74. The summed E-state index contributed by atoms with van der Waals surface area (Å²) in [6.45, 7) is 2.26. The monoisotopic (exact) mass is 213 g/mol. The second kappa shape index (κ2) is 4.10. The lowest BCUT2D eigenvalue weighted by molar-refractivity contribution is 0.763. The Hall–Kier alpha value is -1.61. The van der Waals surface area contributed by atoms with Crippen LogP contribution in [0.2, 0.25) is 0 Å². The van der Waals surface area contributed by atoms with Crippen LogP contribution < -0.4 is 5.32 Å². The Morgan fingerprint density at radius 3 is 2.62 bits per heavy atom. The van der Waals surface area contributed by atoms with E-state index in [1.165, 1.54) is 17.5 Å². The fraction of sp³-hybridized carbons (Fsp3) is 0.308. The highest BCUT2D eigenvalue weighted by Crippen LogP contribution is 2.25. The quantitative estimate of drug-likeness (QED) is 0.802. The Morgan fingerprint density at radius 1 is 1.12 bits per heavy atom. The minimum atomic E-state index is 0.693. The van der Waals surface area contributed by atoms with E-state index in [2.05, 4.69) is 39.8 Å². The van der Waals surface area contributed by atoms with E-state index in [-0.39, 0.29) is 0 Å². The minimum Gasteiger partial charge on any atom is -0.316 e. The summed E-state index contributed by atoms with van der Waals surface area (Å²) in [6, 6.07) is 8.83.